The van der Waals surface area contributed by atoms with E-state index in [0.717, 1.165) is 48.1 Å². The molecule has 1 saturated heterocycles. The minimum absolute atomic E-state index is 0.652. The van der Waals surface area contributed by atoms with Gasteiger partial charge in [-0.1, -0.05) is 12.1 Å². The Kier molecular flexibility index (Phi) is 4.57. The van der Waals surface area contributed by atoms with Crippen LogP contribution in [0.3, 0.4) is 0 Å². The van der Waals surface area contributed by atoms with Crippen molar-refractivity contribution in [2.75, 3.05) is 13.1 Å². The number of furan rings is 1. The summed E-state index contributed by atoms with van der Waals surface area (Å²) in [5.41, 5.74) is 1.89. The zero-order valence-electron chi connectivity index (χ0n) is 15.0. The molecular formula is C20H25N3O2. The average molecular weight is 339 g/mol. The number of likely N-dealkylation sites (tertiary alicyclic amines) is 1. The van der Waals surface area contributed by atoms with Crippen molar-refractivity contribution in [1.29, 1.82) is 0 Å². The quantitative estimate of drug-likeness (QED) is 0.663. The molecule has 3 heterocycles. The second-order valence-electron chi connectivity index (χ2n) is 7.00. The van der Waals surface area contributed by atoms with Crippen molar-refractivity contribution in [3.63, 3.8) is 0 Å². The minimum Gasteiger partial charge on any atom is -0.461 e. The molecule has 25 heavy (non-hydrogen) atoms. The summed E-state index contributed by atoms with van der Waals surface area (Å²) in [4.78, 5) is 7.01. The van der Waals surface area contributed by atoms with Crippen LogP contribution in [0.1, 0.15) is 44.8 Å². The number of nitrogens with zero attached hydrogens (tertiary/aromatic N) is 3. The van der Waals surface area contributed by atoms with Crippen molar-refractivity contribution in [2.24, 2.45) is 0 Å². The standard InChI is InChI=1S/C20H25N3O2/c1-3-5-19-21-20(22-25-19)15-7-8-18-16(12-15)13-17(24-18)9-11-23-10-4-6-14(23)2/h7-8,12-14H,3-6,9-11H2,1-2H3. The van der Waals surface area contributed by atoms with Crippen molar-refractivity contribution < 1.29 is 8.94 Å². The van der Waals surface area contributed by atoms with Crippen LogP contribution in [0, 0.1) is 0 Å². The number of aryl methyl sites for hydroxylation is 1. The number of fused-ring (bicyclic) bond motifs is 1. The topological polar surface area (TPSA) is 55.3 Å². The Hall–Kier alpha value is -2.14. The Labute approximate surface area is 148 Å². The van der Waals surface area contributed by atoms with Crippen LogP contribution in [0.5, 0.6) is 0 Å². The van der Waals surface area contributed by atoms with Crippen molar-refractivity contribution in [2.45, 2.75) is 52.0 Å². The van der Waals surface area contributed by atoms with Gasteiger partial charge in [0.1, 0.15) is 11.3 Å². The number of hydrogen-bond acceptors (Lipinski definition) is 5. The molecule has 1 fully saturated rings. The molecule has 0 aliphatic carbocycles. The fraction of sp³-hybridized carbons (Fsp3) is 0.500. The molecule has 1 aliphatic rings. The van der Waals surface area contributed by atoms with Gasteiger partial charge in [-0.25, -0.2) is 0 Å². The van der Waals surface area contributed by atoms with Crippen LogP contribution in [0.2, 0.25) is 0 Å². The molecule has 0 spiro atoms. The molecule has 4 rings (SSSR count). The minimum atomic E-state index is 0.652. The molecule has 0 N–H and O–H groups in total. The van der Waals surface area contributed by atoms with Crippen LogP contribution < -0.4 is 0 Å². The van der Waals surface area contributed by atoms with Crippen molar-refractivity contribution in [3.8, 4) is 11.4 Å². The maximum absolute atomic E-state index is 6.01. The van der Waals surface area contributed by atoms with E-state index in [1.54, 1.807) is 0 Å². The van der Waals surface area contributed by atoms with Crippen LogP contribution in [0.4, 0.5) is 0 Å². The van der Waals surface area contributed by atoms with E-state index in [1.807, 2.05) is 12.1 Å². The molecule has 1 aromatic carbocycles. The second-order valence-corrected chi connectivity index (χ2v) is 7.00. The molecule has 0 amide bonds. The molecule has 5 nitrogen and oxygen atoms in total. The molecule has 0 radical (unpaired) electrons. The van der Waals surface area contributed by atoms with Crippen LogP contribution in [0.25, 0.3) is 22.4 Å². The molecule has 1 atom stereocenters. The summed E-state index contributed by atoms with van der Waals surface area (Å²) in [6, 6.07) is 8.93. The summed E-state index contributed by atoms with van der Waals surface area (Å²) in [6.45, 7) is 6.70. The number of hydrogen-bond donors (Lipinski definition) is 0. The van der Waals surface area contributed by atoms with E-state index in [2.05, 4.69) is 41.0 Å². The Morgan fingerprint density at radius 1 is 1.24 bits per heavy atom. The van der Waals surface area contributed by atoms with Crippen molar-refractivity contribution in [3.05, 3.63) is 35.9 Å². The van der Waals surface area contributed by atoms with Crippen LogP contribution in [0.15, 0.2) is 33.2 Å². The molecule has 2 aromatic heterocycles. The smallest absolute Gasteiger partial charge is 0.226 e. The molecule has 3 aromatic rings. The Balaban J connectivity index is 1.50. The summed E-state index contributed by atoms with van der Waals surface area (Å²) in [7, 11) is 0. The van der Waals surface area contributed by atoms with Gasteiger partial charge in [0.05, 0.1) is 0 Å². The molecule has 132 valence electrons. The predicted molar refractivity (Wildman–Crippen MR) is 97.5 cm³/mol. The molecule has 5 heteroatoms. The van der Waals surface area contributed by atoms with Gasteiger partial charge in [0, 0.05) is 36.4 Å². The van der Waals surface area contributed by atoms with Crippen LogP contribution in [-0.2, 0) is 12.8 Å². The first kappa shape index (κ1) is 16.3. The van der Waals surface area contributed by atoms with Gasteiger partial charge in [0.25, 0.3) is 0 Å². The van der Waals surface area contributed by atoms with Gasteiger partial charge < -0.3 is 13.8 Å². The predicted octanol–water partition coefficient (Wildman–Crippen LogP) is 4.46. The van der Waals surface area contributed by atoms with Gasteiger partial charge in [0.2, 0.25) is 11.7 Å². The Bertz CT molecular complexity index is 852. The molecule has 0 bridgehead atoms. The summed E-state index contributed by atoms with van der Waals surface area (Å²) in [5, 5.41) is 5.19. The Morgan fingerprint density at radius 2 is 2.16 bits per heavy atom. The maximum Gasteiger partial charge on any atom is 0.226 e. The summed E-state index contributed by atoms with van der Waals surface area (Å²) < 4.78 is 11.3. The zero-order valence-corrected chi connectivity index (χ0v) is 15.0. The van der Waals surface area contributed by atoms with Crippen LogP contribution >= 0.6 is 0 Å². The summed E-state index contributed by atoms with van der Waals surface area (Å²) in [6.07, 6.45) is 5.40. The van der Waals surface area contributed by atoms with Gasteiger partial charge in [-0.3, -0.25) is 0 Å². The molecular weight excluding hydrogens is 314 g/mol. The molecule has 1 aliphatic heterocycles. The van der Waals surface area contributed by atoms with E-state index in [-0.39, 0.29) is 0 Å². The largest absolute Gasteiger partial charge is 0.461 e. The van der Waals surface area contributed by atoms with Crippen molar-refractivity contribution >= 4 is 11.0 Å². The fourth-order valence-corrected chi connectivity index (χ4v) is 3.63. The number of benzene rings is 1. The normalized spacial score (nSPS) is 18.4. The van der Waals surface area contributed by atoms with E-state index in [4.69, 9.17) is 8.94 Å². The fourth-order valence-electron chi connectivity index (χ4n) is 3.63. The number of aromatic nitrogens is 2. The second kappa shape index (κ2) is 7.00. The highest BCUT2D eigenvalue weighted by Gasteiger charge is 2.20. The summed E-state index contributed by atoms with van der Waals surface area (Å²) in [5.74, 6) is 2.40. The van der Waals surface area contributed by atoms with Gasteiger partial charge in [-0.2, -0.15) is 4.98 Å². The lowest BCUT2D eigenvalue weighted by atomic mass is 10.1. The van der Waals surface area contributed by atoms with Gasteiger partial charge in [-0.15, -0.1) is 0 Å². The lowest BCUT2D eigenvalue weighted by molar-refractivity contribution is 0.266. The first-order valence-corrected chi connectivity index (χ1v) is 9.32. The highest BCUT2D eigenvalue weighted by Crippen LogP contribution is 2.26. The monoisotopic (exact) mass is 339 g/mol. The third-order valence-electron chi connectivity index (χ3n) is 5.09. The van der Waals surface area contributed by atoms with Gasteiger partial charge in [-0.05, 0) is 57.0 Å². The lowest BCUT2D eigenvalue weighted by Crippen LogP contribution is -2.28. The van der Waals surface area contributed by atoms with Crippen molar-refractivity contribution in [1.82, 2.24) is 15.0 Å². The molecule has 0 saturated carbocycles. The SMILES string of the molecule is CCCc1nc(-c2ccc3oc(CCN4CCCC4C)cc3c2)no1. The highest BCUT2D eigenvalue weighted by molar-refractivity contribution is 5.82. The third kappa shape index (κ3) is 3.47. The zero-order chi connectivity index (χ0) is 17.2. The van der Waals surface area contributed by atoms with Gasteiger partial charge in [0.15, 0.2) is 0 Å². The highest BCUT2D eigenvalue weighted by atomic mass is 16.5. The maximum atomic E-state index is 6.01. The first-order valence-electron chi connectivity index (χ1n) is 9.32. The van der Waals surface area contributed by atoms with Crippen LogP contribution in [-0.4, -0.2) is 34.2 Å². The number of rotatable bonds is 6. The Morgan fingerprint density at radius 3 is 2.96 bits per heavy atom. The third-order valence-corrected chi connectivity index (χ3v) is 5.09. The van der Waals surface area contributed by atoms with E-state index in [0.29, 0.717) is 17.8 Å². The molecule has 1 unspecified atom stereocenters. The van der Waals surface area contributed by atoms with E-state index in [9.17, 15) is 0 Å². The first-order chi connectivity index (χ1) is 12.2. The lowest BCUT2D eigenvalue weighted by Gasteiger charge is -2.19. The summed E-state index contributed by atoms with van der Waals surface area (Å²) >= 11 is 0. The van der Waals surface area contributed by atoms with E-state index < -0.39 is 0 Å². The van der Waals surface area contributed by atoms with E-state index >= 15 is 0 Å². The van der Waals surface area contributed by atoms with E-state index in [1.165, 1.54) is 19.4 Å². The van der Waals surface area contributed by atoms with Gasteiger partial charge >= 0.3 is 0 Å². The average Bonchev–Trinajstić information content (AvgIpc) is 3.32.